The van der Waals surface area contributed by atoms with Gasteiger partial charge in [-0.05, 0) is 28.3 Å². The molecule has 1 aromatic heterocycles. The summed E-state index contributed by atoms with van der Waals surface area (Å²) in [4.78, 5) is 16.0. The van der Waals surface area contributed by atoms with Gasteiger partial charge in [0.1, 0.15) is 12.4 Å². The van der Waals surface area contributed by atoms with Gasteiger partial charge in [-0.2, -0.15) is 0 Å². The Labute approximate surface area is 168 Å². The zero-order valence-corrected chi connectivity index (χ0v) is 15.7. The molecule has 0 spiro atoms. The number of alkyl carbamates (subject to hydrolysis) is 1. The summed E-state index contributed by atoms with van der Waals surface area (Å²) in [7, 11) is 0. The average molecular weight is 384 g/mol. The van der Waals surface area contributed by atoms with Crippen molar-refractivity contribution in [1.29, 1.82) is 0 Å². The number of aromatic nitrogens is 1. The molecule has 0 aliphatic heterocycles. The number of nitrogens with two attached hydrogens (primary N) is 2. The van der Waals surface area contributed by atoms with Crippen molar-refractivity contribution in [2.24, 2.45) is 0 Å². The number of rotatable bonds is 3. The van der Waals surface area contributed by atoms with E-state index in [1.54, 1.807) is 6.07 Å². The van der Waals surface area contributed by atoms with Crippen LogP contribution in [0.4, 0.5) is 16.3 Å². The molecular formula is C23H20N4O2. The van der Waals surface area contributed by atoms with Gasteiger partial charge in [-0.1, -0.05) is 60.4 Å². The van der Waals surface area contributed by atoms with Crippen LogP contribution in [-0.4, -0.2) is 24.2 Å². The lowest BCUT2D eigenvalue weighted by molar-refractivity contribution is 0.144. The van der Waals surface area contributed by atoms with Crippen LogP contribution in [0.25, 0.3) is 11.1 Å². The van der Waals surface area contributed by atoms with Crippen LogP contribution in [0, 0.1) is 11.8 Å². The Morgan fingerprint density at radius 3 is 2.38 bits per heavy atom. The molecule has 1 amide bonds. The smallest absolute Gasteiger partial charge is 0.407 e. The van der Waals surface area contributed by atoms with E-state index in [4.69, 9.17) is 16.2 Å². The van der Waals surface area contributed by atoms with Crippen LogP contribution < -0.4 is 16.8 Å². The maximum absolute atomic E-state index is 12.1. The molecule has 3 aromatic rings. The highest BCUT2D eigenvalue weighted by Crippen LogP contribution is 2.44. The Morgan fingerprint density at radius 1 is 1.07 bits per heavy atom. The van der Waals surface area contributed by atoms with E-state index in [1.165, 1.54) is 28.5 Å². The third-order valence-corrected chi connectivity index (χ3v) is 4.85. The van der Waals surface area contributed by atoms with Crippen molar-refractivity contribution in [3.05, 3.63) is 77.5 Å². The van der Waals surface area contributed by atoms with Gasteiger partial charge in [-0.3, -0.25) is 0 Å². The van der Waals surface area contributed by atoms with Crippen LogP contribution in [0.1, 0.15) is 22.6 Å². The molecule has 4 rings (SSSR count). The lowest BCUT2D eigenvalue weighted by Gasteiger charge is -2.14. The SMILES string of the molecule is Nc1cc(C#CCNC(=O)OCC2c3ccccc3-c3ccccc32)cnc1N. The molecule has 1 aliphatic rings. The van der Waals surface area contributed by atoms with Crippen molar-refractivity contribution < 1.29 is 9.53 Å². The molecule has 0 unspecified atom stereocenters. The van der Waals surface area contributed by atoms with Crippen molar-refractivity contribution in [2.45, 2.75) is 5.92 Å². The summed E-state index contributed by atoms with van der Waals surface area (Å²) in [6.07, 6.45) is 1.03. The molecular weight excluding hydrogens is 364 g/mol. The number of fused-ring (bicyclic) bond motifs is 3. The number of nitrogens with zero attached hydrogens (tertiary/aromatic N) is 1. The minimum absolute atomic E-state index is 0.0306. The van der Waals surface area contributed by atoms with Gasteiger partial charge >= 0.3 is 6.09 Å². The van der Waals surface area contributed by atoms with E-state index < -0.39 is 6.09 Å². The fourth-order valence-corrected chi connectivity index (χ4v) is 3.47. The second-order valence-corrected chi connectivity index (χ2v) is 6.68. The van der Waals surface area contributed by atoms with Crippen LogP contribution in [0.2, 0.25) is 0 Å². The number of ether oxygens (including phenoxy) is 1. The zero-order chi connectivity index (χ0) is 20.2. The number of carbonyl (C=O) groups excluding carboxylic acids is 1. The van der Waals surface area contributed by atoms with Crippen molar-refractivity contribution in [2.75, 3.05) is 24.6 Å². The lowest BCUT2D eigenvalue weighted by Crippen LogP contribution is -2.26. The molecule has 0 atom stereocenters. The third kappa shape index (κ3) is 3.85. The molecule has 6 heteroatoms. The summed E-state index contributed by atoms with van der Waals surface area (Å²) >= 11 is 0. The second kappa shape index (κ2) is 7.95. The standard InChI is InChI=1S/C23H20N4O2/c24-21-12-15(13-27-22(21)25)6-5-11-26-23(28)29-14-20-18-9-3-1-7-16(18)17-8-2-4-10-19(17)20/h1-4,7-10,12-13,20H,11,14,24H2,(H2,25,27)(H,26,28). The minimum atomic E-state index is -0.504. The summed E-state index contributed by atoms with van der Waals surface area (Å²) < 4.78 is 5.46. The molecule has 0 bridgehead atoms. The molecule has 0 saturated heterocycles. The number of benzene rings is 2. The fraction of sp³-hybridized carbons (Fsp3) is 0.130. The van der Waals surface area contributed by atoms with E-state index >= 15 is 0 Å². The quantitative estimate of drug-likeness (QED) is 0.602. The molecule has 29 heavy (non-hydrogen) atoms. The van der Waals surface area contributed by atoms with Crippen molar-refractivity contribution in [1.82, 2.24) is 10.3 Å². The number of nitrogens with one attached hydrogen (secondary N) is 1. The van der Waals surface area contributed by atoms with Gasteiger partial charge in [0.15, 0.2) is 0 Å². The molecule has 1 heterocycles. The van der Waals surface area contributed by atoms with Crippen LogP contribution in [0.5, 0.6) is 0 Å². The zero-order valence-electron chi connectivity index (χ0n) is 15.7. The van der Waals surface area contributed by atoms with Crippen LogP contribution >= 0.6 is 0 Å². The van der Waals surface area contributed by atoms with Gasteiger partial charge in [0.05, 0.1) is 12.2 Å². The first-order valence-corrected chi connectivity index (χ1v) is 9.22. The van der Waals surface area contributed by atoms with Gasteiger partial charge in [-0.15, -0.1) is 0 Å². The van der Waals surface area contributed by atoms with Crippen LogP contribution in [0.15, 0.2) is 60.8 Å². The van der Waals surface area contributed by atoms with Gasteiger partial charge in [-0.25, -0.2) is 9.78 Å². The number of hydrogen-bond donors (Lipinski definition) is 3. The number of amides is 1. The first kappa shape index (κ1) is 18.4. The Balaban J connectivity index is 1.35. The number of nitrogen functional groups attached to an aromatic ring is 2. The predicted octanol–water partition coefficient (Wildman–Crippen LogP) is 3.14. The van der Waals surface area contributed by atoms with E-state index in [0.717, 1.165) is 0 Å². The van der Waals surface area contributed by atoms with Crippen LogP contribution in [-0.2, 0) is 4.74 Å². The number of carbonyl (C=O) groups is 1. The molecule has 0 fully saturated rings. The van der Waals surface area contributed by atoms with Gasteiger partial charge in [0, 0.05) is 17.7 Å². The van der Waals surface area contributed by atoms with Crippen molar-refractivity contribution in [3.8, 4) is 23.0 Å². The molecule has 5 N–H and O–H groups in total. The van der Waals surface area contributed by atoms with Gasteiger partial charge in [0.25, 0.3) is 0 Å². The maximum atomic E-state index is 12.1. The third-order valence-electron chi connectivity index (χ3n) is 4.85. The largest absolute Gasteiger partial charge is 0.449 e. The Hall–Kier alpha value is -3.98. The highest BCUT2D eigenvalue weighted by molar-refractivity contribution is 5.79. The number of hydrogen-bond acceptors (Lipinski definition) is 5. The minimum Gasteiger partial charge on any atom is -0.449 e. The van der Waals surface area contributed by atoms with E-state index in [1.807, 2.05) is 24.3 Å². The van der Waals surface area contributed by atoms with E-state index in [0.29, 0.717) is 11.3 Å². The average Bonchev–Trinajstić information content (AvgIpc) is 3.06. The molecule has 2 aromatic carbocycles. The molecule has 0 saturated carbocycles. The lowest BCUT2D eigenvalue weighted by atomic mass is 9.98. The topological polar surface area (TPSA) is 103 Å². The molecule has 1 aliphatic carbocycles. The Kier molecular flexibility index (Phi) is 5.04. The van der Waals surface area contributed by atoms with E-state index in [-0.39, 0.29) is 24.9 Å². The number of anilines is 2. The maximum Gasteiger partial charge on any atom is 0.407 e. The van der Waals surface area contributed by atoms with Crippen molar-refractivity contribution >= 4 is 17.6 Å². The van der Waals surface area contributed by atoms with E-state index in [9.17, 15) is 4.79 Å². The normalized spacial score (nSPS) is 11.7. The monoisotopic (exact) mass is 384 g/mol. The predicted molar refractivity (Wildman–Crippen MR) is 113 cm³/mol. The van der Waals surface area contributed by atoms with Crippen molar-refractivity contribution in [3.63, 3.8) is 0 Å². The first-order chi connectivity index (χ1) is 14.1. The second-order valence-electron chi connectivity index (χ2n) is 6.68. The number of pyridine rings is 1. The summed E-state index contributed by atoms with van der Waals surface area (Å²) in [6, 6.07) is 18.1. The van der Waals surface area contributed by atoms with E-state index in [2.05, 4.69) is 46.4 Å². The molecule has 0 radical (unpaired) electrons. The summed E-state index contributed by atoms with van der Waals surface area (Å²) in [6.45, 7) is 0.423. The summed E-state index contributed by atoms with van der Waals surface area (Å²) in [5, 5.41) is 2.64. The highest BCUT2D eigenvalue weighted by atomic mass is 16.5. The van der Waals surface area contributed by atoms with Gasteiger partial charge < -0.3 is 21.5 Å². The molecule has 144 valence electrons. The van der Waals surface area contributed by atoms with Crippen LogP contribution in [0.3, 0.4) is 0 Å². The molecule has 6 nitrogen and oxygen atoms in total. The summed E-state index contributed by atoms with van der Waals surface area (Å²) in [5.74, 6) is 6.01. The first-order valence-electron chi connectivity index (χ1n) is 9.22. The Morgan fingerprint density at radius 2 is 1.72 bits per heavy atom. The highest BCUT2D eigenvalue weighted by Gasteiger charge is 2.28. The Bertz CT molecular complexity index is 1090. The van der Waals surface area contributed by atoms with Gasteiger partial charge in [0.2, 0.25) is 0 Å². The fourth-order valence-electron chi connectivity index (χ4n) is 3.47. The summed E-state index contributed by atoms with van der Waals surface area (Å²) in [5.41, 5.74) is 17.0.